The largest absolute Gasteiger partial charge is 0.295 e. The standard InChI is InChI=1S/C14H8Cl2F2N2/c15-7-14-19-12-6-11(18)10(16)5-13(12)20(14)9-3-1-2-8(17)4-9/h1-6H,7H2. The summed E-state index contributed by atoms with van der Waals surface area (Å²) in [4.78, 5) is 4.25. The summed E-state index contributed by atoms with van der Waals surface area (Å²) in [6.45, 7) is 0. The van der Waals surface area contributed by atoms with Crippen molar-refractivity contribution in [3.63, 3.8) is 0 Å². The number of hydrogen-bond donors (Lipinski definition) is 0. The highest BCUT2D eigenvalue weighted by atomic mass is 35.5. The first kappa shape index (κ1) is 13.3. The van der Waals surface area contributed by atoms with Crippen LogP contribution in [0.2, 0.25) is 5.02 Å². The molecule has 2 aromatic carbocycles. The van der Waals surface area contributed by atoms with Crippen molar-refractivity contribution in [3.05, 3.63) is 58.9 Å². The maximum atomic E-state index is 13.5. The molecule has 0 aliphatic rings. The van der Waals surface area contributed by atoms with Crippen molar-refractivity contribution >= 4 is 34.2 Å². The van der Waals surface area contributed by atoms with Crippen molar-refractivity contribution in [1.29, 1.82) is 0 Å². The number of nitrogens with zero attached hydrogens (tertiary/aromatic N) is 2. The Morgan fingerprint density at radius 3 is 2.65 bits per heavy atom. The molecular weight excluding hydrogens is 305 g/mol. The molecule has 0 atom stereocenters. The van der Waals surface area contributed by atoms with Crippen molar-refractivity contribution in [2.24, 2.45) is 0 Å². The Bertz CT molecular complexity index is 799. The van der Waals surface area contributed by atoms with Gasteiger partial charge in [-0.3, -0.25) is 4.57 Å². The minimum absolute atomic E-state index is 0.0174. The molecule has 0 aliphatic carbocycles. The van der Waals surface area contributed by atoms with Crippen LogP contribution in [0.5, 0.6) is 0 Å². The van der Waals surface area contributed by atoms with E-state index in [1.807, 2.05) is 0 Å². The summed E-state index contributed by atoms with van der Waals surface area (Å²) in [5.41, 5.74) is 1.57. The van der Waals surface area contributed by atoms with Crippen molar-refractivity contribution in [1.82, 2.24) is 9.55 Å². The molecule has 0 saturated carbocycles. The summed E-state index contributed by atoms with van der Waals surface area (Å²) in [6.07, 6.45) is 0. The van der Waals surface area contributed by atoms with Gasteiger partial charge in [-0.05, 0) is 24.3 Å². The van der Waals surface area contributed by atoms with Crippen LogP contribution in [0.4, 0.5) is 8.78 Å². The van der Waals surface area contributed by atoms with Gasteiger partial charge in [0, 0.05) is 6.07 Å². The van der Waals surface area contributed by atoms with Gasteiger partial charge in [0.15, 0.2) is 0 Å². The number of imidazole rings is 1. The lowest BCUT2D eigenvalue weighted by atomic mass is 10.2. The molecule has 0 fully saturated rings. The summed E-state index contributed by atoms with van der Waals surface area (Å²) in [7, 11) is 0. The minimum Gasteiger partial charge on any atom is -0.295 e. The highest BCUT2D eigenvalue weighted by Gasteiger charge is 2.14. The van der Waals surface area contributed by atoms with Gasteiger partial charge in [0.05, 0.1) is 27.6 Å². The van der Waals surface area contributed by atoms with Gasteiger partial charge in [-0.15, -0.1) is 11.6 Å². The molecule has 1 heterocycles. The van der Waals surface area contributed by atoms with Crippen LogP contribution in [0.25, 0.3) is 16.7 Å². The van der Waals surface area contributed by atoms with Gasteiger partial charge in [-0.1, -0.05) is 17.7 Å². The van der Waals surface area contributed by atoms with E-state index in [2.05, 4.69) is 4.98 Å². The predicted octanol–water partition coefficient (Wildman–Crippen LogP) is 4.70. The molecular formula is C14H8Cl2F2N2. The number of hydrogen-bond acceptors (Lipinski definition) is 1. The van der Waals surface area contributed by atoms with Crippen LogP contribution in [0.15, 0.2) is 36.4 Å². The van der Waals surface area contributed by atoms with Crippen LogP contribution in [-0.2, 0) is 5.88 Å². The lowest BCUT2D eigenvalue weighted by molar-refractivity contribution is 0.626. The molecule has 6 heteroatoms. The quantitative estimate of drug-likeness (QED) is 0.627. The van der Waals surface area contributed by atoms with E-state index in [0.29, 0.717) is 22.5 Å². The molecule has 20 heavy (non-hydrogen) atoms. The molecule has 102 valence electrons. The Hall–Kier alpha value is -1.65. The zero-order chi connectivity index (χ0) is 14.3. The molecule has 2 nitrogen and oxygen atoms in total. The summed E-state index contributed by atoms with van der Waals surface area (Å²) >= 11 is 11.7. The maximum Gasteiger partial charge on any atom is 0.144 e. The topological polar surface area (TPSA) is 17.8 Å². The number of rotatable bonds is 2. The second-order valence-electron chi connectivity index (χ2n) is 4.23. The second kappa shape index (κ2) is 5.04. The van der Waals surface area contributed by atoms with Gasteiger partial charge in [-0.2, -0.15) is 0 Å². The van der Waals surface area contributed by atoms with E-state index < -0.39 is 5.82 Å². The van der Waals surface area contributed by atoms with Crippen molar-refractivity contribution in [3.8, 4) is 5.69 Å². The molecule has 0 saturated heterocycles. The van der Waals surface area contributed by atoms with E-state index >= 15 is 0 Å². The Labute approximate surface area is 123 Å². The molecule has 0 amide bonds. The Morgan fingerprint density at radius 2 is 1.95 bits per heavy atom. The van der Waals surface area contributed by atoms with Gasteiger partial charge in [-0.25, -0.2) is 13.8 Å². The maximum absolute atomic E-state index is 13.5. The van der Waals surface area contributed by atoms with Crippen LogP contribution in [0.1, 0.15) is 5.82 Å². The molecule has 3 rings (SSSR count). The number of fused-ring (bicyclic) bond motifs is 1. The van der Waals surface area contributed by atoms with Crippen LogP contribution in [0.3, 0.4) is 0 Å². The summed E-state index contributed by atoms with van der Waals surface area (Å²) < 4.78 is 28.5. The minimum atomic E-state index is -0.552. The lowest BCUT2D eigenvalue weighted by Gasteiger charge is -2.08. The number of halogens is 4. The van der Waals surface area contributed by atoms with Crippen LogP contribution < -0.4 is 0 Å². The van der Waals surface area contributed by atoms with Crippen LogP contribution >= 0.6 is 23.2 Å². The number of aromatic nitrogens is 2. The normalized spacial score (nSPS) is 11.2. The van der Waals surface area contributed by atoms with Gasteiger partial charge >= 0.3 is 0 Å². The third-order valence-electron chi connectivity index (χ3n) is 2.95. The smallest absolute Gasteiger partial charge is 0.144 e. The van der Waals surface area contributed by atoms with E-state index in [1.54, 1.807) is 16.7 Å². The zero-order valence-electron chi connectivity index (χ0n) is 10.1. The molecule has 3 aromatic rings. The van der Waals surface area contributed by atoms with Crippen LogP contribution in [-0.4, -0.2) is 9.55 Å². The fourth-order valence-electron chi connectivity index (χ4n) is 2.12. The highest BCUT2D eigenvalue weighted by molar-refractivity contribution is 6.31. The molecule has 0 bridgehead atoms. The number of benzene rings is 2. The average molecular weight is 313 g/mol. The van der Waals surface area contributed by atoms with Gasteiger partial charge in [0.1, 0.15) is 17.5 Å². The van der Waals surface area contributed by atoms with E-state index in [9.17, 15) is 8.78 Å². The Kier molecular flexibility index (Phi) is 3.36. The van der Waals surface area contributed by atoms with Crippen molar-refractivity contribution in [2.45, 2.75) is 5.88 Å². The average Bonchev–Trinajstić information content (AvgIpc) is 2.77. The SMILES string of the molecule is Fc1cccc(-n2c(CCl)nc3cc(F)c(Cl)cc32)c1. The molecule has 0 unspecified atom stereocenters. The Balaban J connectivity index is 2.35. The molecule has 0 aliphatic heterocycles. The summed E-state index contributed by atoms with van der Waals surface area (Å²) in [6, 6.07) is 8.70. The van der Waals surface area contributed by atoms with E-state index in [0.717, 1.165) is 0 Å². The third kappa shape index (κ3) is 2.15. The molecule has 1 aromatic heterocycles. The van der Waals surface area contributed by atoms with E-state index in [1.165, 1.54) is 24.3 Å². The molecule has 0 spiro atoms. The van der Waals surface area contributed by atoms with Gasteiger partial charge in [0.25, 0.3) is 0 Å². The fraction of sp³-hybridized carbons (Fsp3) is 0.0714. The molecule has 0 N–H and O–H groups in total. The first-order chi connectivity index (χ1) is 9.60. The van der Waals surface area contributed by atoms with Gasteiger partial charge < -0.3 is 0 Å². The van der Waals surface area contributed by atoms with Crippen molar-refractivity contribution < 1.29 is 8.78 Å². The Morgan fingerprint density at radius 1 is 1.15 bits per heavy atom. The highest BCUT2D eigenvalue weighted by Crippen LogP contribution is 2.27. The van der Waals surface area contributed by atoms with E-state index in [-0.39, 0.29) is 16.7 Å². The monoisotopic (exact) mass is 312 g/mol. The van der Waals surface area contributed by atoms with Crippen LogP contribution in [0, 0.1) is 11.6 Å². The van der Waals surface area contributed by atoms with E-state index in [4.69, 9.17) is 23.2 Å². The first-order valence-corrected chi connectivity index (χ1v) is 6.69. The summed E-state index contributed by atoms with van der Waals surface area (Å²) in [5.74, 6) is -0.319. The number of alkyl halides is 1. The van der Waals surface area contributed by atoms with Crippen molar-refractivity contribution in [2.75, 3.05) is 0 Å². The lowest BCUT2D eigenvalue weighted by Crippen LogP contribution is -1.99. The molecule has 0 radical (unpaired) electrons. The second-order valence-corrected chi connectivity index (χ2v) is 4.91. The van der Waals surface area contributed by atoms with Gasteiger partial charge in [0.2, 0.25) is 0 Å². The zero-order valence-corrected chi connectivity index (χ0v) is 11.6. The first-order valence-electron chi connectivity index (χ1n) is 5.78. The predicted molar refractivity (Wildman–Crippen MR) is 75.6 cm³/mol. The summed E-state index contributed by atoms with van der Waals surface area (Å²) in [5, 5.41) is -0.0174. The fourth-order valence-corrected chi connectivity index (χ4v) is 2.45. The third-order valence-corrected chi connectivity index (χ3v) is 3.48.